The molecular weight excluding hydrogens is 198 g/mol. The molecule has 1 nitrogen and oxygen atoms in total. The smallest absolute Gasteiger partial charge is 0.307 e. The number of piperidine rings is 1. The fraction of sp³-hybridized carbons (Fsp3) is 1.00. The average Bonchev–Trinajstić information content (AvgIpc) is 2.08. The quantitative estimate of drug-likeness (QED) is 0.711. The lowest BCUT2D eigenvalue weighted by Crippen LogP contribution is -2.42. The van der Waals surface area contributed by atoms with Crippen molar-refractivity contribution in [1.82, 2.24) is 5.32 Å². The van der Waals surface area contributed by atoms with E-state index in [2.05, 4.69) is 5.32 Å². The molecule has 1 fully saturated rings. The van der Waals surface area contributed by atoms with Gasteiger partial charge in [-0.25, -0.2) is 17.6 Å². The Morgan fingerprint density at radius 1 is 1.43 bits per heavy atom. The fourth-order valence-corrected chi connectivity index (χ4v) is 1.83. The summed E-state index contributed by atoms with van der Waals surface area (Å²) in [6.45, 7) is 2.56. The van der Waals surface area contributed by atoms with Crippen LogP contribution in [0.25, 0.3) is 0 Å². The first-order valence-electron chi connectivity index (χ1n) is 4.83. The molecule has 1 aliphatic heterocycles. The molecule has 1 saturated heterocycles. The Labute approximate surface area is 80.9 Å². The summed E-state index contributed by atoms with van der Waals surface area (Å²) in [6, 6.07) is -0.0895. The van der Waals surface area contributed by atoms with Gasteiger partial charge in [0.15, 0.2) is 0 Å². The Bertz CT molecular complexity index is 184. The van der Waals surface area contributed by atoms with Crippen molar-refractivity contribution >= 4 is 0 Å². The van der Waals surface area contributed by atoms with Crippen molar-refractivity contribution in [1.29, 1.82) is 0 Å². The maximum atomic E-state index is 12.7. The predicted octanol–water partition coefficient (Wildman–Crippen LogP) is 2.67. The molecule has 0 aromatic rings. The van der Waals surface area contributed by atoms with Gasteiger partial charge in [-0.2, -0.15) is 0 Å². The number of alkyl halides is 4. The van der Waals surface area contributed by atoms with Crippen LogP contribution < -0.4 is 5.32 Å². The van der Waals surface area contributed by atoms with Crippen LogP contribution in [0.4, 0.5) is 17.6 Å². The maximum absolute atomic E-state index is 12.7. The van der Waals surface area contributed by atoms with Crippen LogP contribution >= 0.6 is 0 Å². The second-order valence-corrected chi connectivity index (χ2v) is 3.91. The first-order chi connectivity index (χ1) is 6.43. The molecule has 0 aliphatic carbocycles. The minimum absolute atomic E-state index is 0.0895. The van der Waals surface area contributed by atoms with E-state index in [-0.39, 0.29) is 12.0 Å². The Morgan fingerprint density at radius 3 is 2.57 bits per heavy atom. The lowest BCUT2D eigenvalue weighted by molar-refractivity contribution is -0.143. The monoisotopic (exact) mass is 213 g/mol. The van der Waals surface area contributed by atoms with Crippen molar-refractivity contribution in [2.45, 2.75) is 44.6 Å². The normalized spacial score (nSPS) is 29.6. The molecule has 0 spiro atoms. The van der Waals surface area contributed by atoms with Crippen molar-refractivity contribution < 1.29 is 17.6 Å². The van der Waals surface area contributed by atoms with E-state index in [1.165, 1.54) is 0 Å². The van der Waals surface area contributed by atoms with Gasteiger partial charge in [0.2, 0.25) is 0 Å². The zero-order chi connectivity index (χ0) is 10.8. The highest BCUT2D eigenvalue weighted by Crippen LogP contribution is 2.34. The summed E-state index contributed by atoms with van der Waals surface area (Å²) in [5.74, 6) is -4.18. The third-order valence-electron chi connectivity index (χ3n) is 2.78. The SMILES string of the molecule is CC1NCCCC1CC(F)(F)C(F)F. The van der Waals surface area contributed by atoms with Crippen LogP contribution in [0.5, 0.6) is 0 Å². The van der Waals surface area contributed by atoms with E-state index in [4.69, 9.17) is 0 Å². The van der Waals surface area contributed by atoms with Crippen LogP contribution in [0.15, 0.2) is 0 Å². The summed E-state index contributed by atoms with van der Waals surface area (Å²) < 4.78 is 49.3. The first kappa shape index (κ1) is 11.8. The topological polar surface area (TPSA) is 12.0 Å². The summed E-state index contributed by atoms with van der Waals surface area (Å²) in [5.41, 5.74) is 0. The number of nitrogens with one attached hydrogen (secondary N) is 1. The van der Waals surface area contributed by atoms with Crippen LogP contribution in [0, 0.1) is 5.92 Å². The van der Waals surface area contributed by atoms with Gasteiger partial charge in [-0.3, -0.25) is 0 Å². The Balaban J connectivity index is 2.49. The van der Waals surface area contributed by atoms with Gasteiger partial charge in [-0.15, -0.1) is 0 Å². The van der Waals surface area contributed by atoms with E-state index in [1.54, 1.807) is 6.92 Å². The predicted molar refractivity (Wildman–Crippen MR) is 45.8 cm³/mol. The van der Waals surface area contributed by atoms with Gasteiger partial charge in [0.25, 0.3) is 0 Å². The van der Waals surface area contributed by atoms with E-state index in [0.29, 0.717) is 6.42 Å². The third-order valence-corrected chi connectivity index (χ3v) is 2.78. The second-order valence-electron chi connectivity index (χ2n) is 3.91. The summed E-state index contributed by atoms with van der Waals surface area (Å²) >= 11 is 0. The van der Waals surface area contributed by atoms with E-state index >= 15 is 0 Å². The minimum atomic E-state index is -3.84. The molecule has 5 heteroatoms. The minimum Gasteiger partial charge on any atom is -0.314 e. The molecule has 0 amide bonds. The summed E-state index contributed by atoms with van der Waals surface area (Å²) in [5, 5.41) is 3.02. The van der Waals surface area contributed by atoms with Crippen LogP contribution in [0.2, 0.25) is 0 Å². The van der Waals surface area contributed by atoms with E-state index in [9.17, 15) is 17.6 Å². The lowest BCUT2D eigenvalue weighted by atomic mass is 9.87. The zero-order valence-corrected chi connectivity index (χ0v) is 8.07. The Morgan fingerprint density at radius 2 is 2.07 bits per heavy atom. The molecule has 1 rings (SSSR count). The fourth-order valence-electron chi connectivity index (χ4n) is 1.83. The van der Waals surface area contributed by atoms with Gasteiger partial charge < -0.3 is 5.32 Å². The van der Waals surface area contributed by atoms with Crippen molar-refractivity contribution in [2.75, 3.05) is 6.54 Å². The number of rotatable bonds is 3. The molecule has 84 valence electrons. The first-order valence-corrected chi connectivity index (χ1v) is 4.83. The van der Waals surface area contributed by atoms with E-state index < -0.39 is 18.8 Å². The number of halogens is 4. The van der Waals surface area contributed by atoms with E-state index in [0.717, 1.165) is 13.0 Å². The summed E-state index contributed by atoms with van der Waals surface area (Å²) in [7, 11) is 0. The van der Waals surface area contributed by atoms with Crippen LogP contribution in [-0.4, -0.2) is 24.9 Å². The zero-order valence-electron chi connectivity index (χ0n) is 8.07. The van der Waals surface area contributed by atoms with Gasteiger partial charge in [0.1, 0.15) is 0 Å². The Kier molecular flexibility index (Phi) is 3.75. The largest absolute Gasteiger partial charge is 0.314 e. The highest BCUT2D eigenvalue weighted by Gasteiger charge is 2.43. The highest BCUT2D eigenvalue weighted by molar-refractivity contribution is 4.83. The molecule has 1 heterocycles. The molecule has 1 N–H and O–H groups in total. The van der Waals surface area contributed by atoms with Gasteiger partial charge >= 0.3 is 12.3 Å². The maximum Gasteiger partial charge on any atom is 0.307 e. The third kappa shape index (κ3) is 2.83. The highest BCUT2D eigenvalue weighted by atomic mass is 19.3. The van der Waals surface area contributed by atoms with Crippen molar-refractivity contribution in [3.63, 3.8) is 0 Å². The van der Waals surface area contributed by atoms with Gasteiger partial charge in [0.05, 0.1) is 0 Å². The molecule has 0 aromatic heterocycles. The van der Waals surface area contributed by atoms with Crippen LogP contribution in [-0.2, 0) is 0 Å². The molecule has 1 aliphatic rings. The molecule has 2 atom stereocenters. The van der Waals surface area contributed by atoms with Crippen LogP contribution in [0.1, 0.15) is 26.2 Å². The number of hydrogen-bond acceptors (Lipinski definition) is 1. The van der Waals surface area contributed by atoms with Crippen molar-refractivity contribution in [2.24, 2.45) is 5.92 Å². The van der Waals surface area contributed by atoms with Gasteiger partial charge in [-0.05, 0) is 32.2 Å². The summed E-state index contributed by atoms with van der Waals surface area (Å²) in [6.07, 6.45) is -2.86. The molecule has 14 heavy (non-hydrogen) atoms. The average molecular weight is 213 g/mol. The summed E-state index contributed by atoms with van der Waals surface area (Å²) in [4.78, 5) is 0. The molecular formula is C9H15F4N. The van der Waals surface area contributed by atoms with Gasteiger partial charge in [0, 0.05) is 12.5 Å². The van der Waals surface area contributed by atoms with E-state index in [1.807, 2.05) is 0 Å². The van der Waals surface area contributed by atoms with Gasteiger partial charge in [-0.1, -0.05) is 0 Å². The lowest BCUT2D eigenvalue weighted by Gasteiger charge is -2.32. The number of hydrogen-bond donors (Lipinski definition) is 1. The second kappa shape index (κ2) is 4.47. The molecule has 2 unspecified atom stereocenters. The van der Waals surface area contributed by atoms with Crippen molar-refractivity contribution in [3.8, 4) is 0 Å². The molecule has 0 aromatic carbocycles. The van der Waals surface area contributed by atoms with Crippen molar-refractivity contribution in [3.05, 3.63) is 0 Å². The molecule has 0 saturated carbocycles. The van der Waals surface area contributed by atoms with Crippen LogP contribution in [0.3, 0.4) is 0 Å². The standard InChI is InChI=1S/C9H15F4N/c1-6-7(3-2-4-14-6)5-9(12,13)8(10)11/h6-8,14H,2-5H2,1H3. The molecule has 0 bridgehead atoms. The Hall–Kier alpha value is -0.320. The molecule has 0 radical (unpaired) electrons.